The Labute approximate surface area is 120 Å². The fourth-order valence-electron chi connectivity index (χ4n) is 3.05. The fraction of sp³-hybridized carbons (Fsp3) is 1.00. The summed E-state index contributed by atoms with van der Waals surface area (Å²) in [5.41, 5.74) is 0. The van der Waals surface area contributed by atoms with Gasteiger partial charge in [0.1, 0.15) is 12.2 Å². The molecule has 0 saturated carbocycles. The monoisotopic (exact) mass is 308 g/mol. The summed E-state index contributed by atoms with van der Waals surface area (Å²) < 4.78 is 30.5. The zero-order valence-corrected chi connectivity index (χ0v) is 12.6. The first-order chi connectivity index (χ1) is 9.42. The zero-order valence-electron chi connectivity index (χ0n) is 11.7. The number of likely N-dealkylation sites (tertiary alicyclic amines) is 1. The smallest absolute Gasteiger partial charge is 0.208 e. The van der Waals surface area contributed by atoms with Crippen molar-refractivity contribution in [1.29, 1.82) is 0 Å². The molecule has 0 aromatic carbocycles. The highest BCUT2D eigenvalue weighted by Gasteiger charge is 2.46. The van der Waals surface area contributed by atoms with E-state index in [4.69, 9.17) is 4.74 Å². The predicted octanol–water partition coefficient (Wildman–Crippen LogP) is -1.49. The van der Waals surface area contributed by atoms with Crippen molar-refractivity contribution in [3.63, 3.8) is 0 Å². The van der Waals surface area contributed by atoms with Crippen molar-refractivity contribution < 1.29 is 23.4 Å². The molecule has 0 aromatic rings. The Balaban J connectivity index is 2.05. The number of piperidine rings is 1. The molecule has 4 atom stereocenters. The van der Waals surface area contributed by atoms with Gasteiger partial charge in [-0.25, -0.2) is 13.1 Å². The number of aliphatic hydroxyl groups excluding tert-OH is 2. The number of aliphatic hydroxyl groups is 2. The molecule has 2 heterocycles. The summed E-state index contributed by atoms with van der Waals surface area (Å²) in [4.78, 5) is 2.15. The Morgan fingerprint density at radius 2 is 1.90 bits per heavy atom. The van der Waals surface area contributed by atoms with Gasteiger partial charge in [-0.15, -0.1) is 0 Å². The van der Waals surface area contributed by atoms with Gasteiger partial charge in [-0.05, 0) is 25.9 Å². The maximum Gasteiger partial charge on any atom is 0.208 e. The van der Waals surface area contributed by atoms with Gasteiger partial charge in [0.2, 0.25) is 10.0 Å². The van der Waals surface area contributed by atoms with Crippen LogP contribution in [-0.2, 0) is 14.8 Å². The number of hydrogen-bond donors (Lipinski definition) is 3. The van der Waals surface area contributed by atoms with E-state index < -0.39 is 28.3 Å². The first kappa shape index (κ1) is 16.1. The lowest BCUT2D eigenvalue weighted by molar-refractivity contribution is -0.0201. The van der Waals surface area contributed by atoms with Crippen molar-refractivity contribution in [3.05, 3.63) is 0 Å². The molecule has 4 unspecified atom stereocenters. The molecule has 2 aliphatic heterocycles. The van der Waals surface area contributed by atoms with Gasteiger partial charge in [0, 0.05) is 6.54 Å². The van der Waals surface area contributed by atoms with E-state index >= 15 is 0 Å². The van der Waals surface area contributed by atoms with Crippen LogP contribution in [0.15, 0.2) is 0 Å². The summed E-state index contributed by atoms with van der Waals surface area (Å²) in [6.07, 6.45) is 2.54. The van der Waals surface area contributed by atoms with Crippen LogP contribution in [0.4, 0.5) is 0 Å². The third-order valence-corrected chi connectivity index (χ3v) is 4.69. The average molecular weight is 308 g/mol. The highest BCUT2D eigenvalue weighted by molar-refractivity contribution is 7.88. The van der Waals surface area contributed by atoms with E-state index in [0.717, 1.165) is 32.2 Å². The van der Waals surface area contributed by atoms with Crippen molar-refractivity contribution in [2.24, 2.45) is 0 Å². The Morgan fingerprint density at radius 1 is 1.25 bits per heavy atom. The van der Waals surface area contributed by atoms with E-state index in [1.54, 1.807) is 0 Å². The molecule has 118 valence electrons. The molecule has 8 heteroatoms. The molecule has 7 nitrogen and oxygen atoms in total. The maximum atomic E-state index is 11.2. The van der Waals surface area contributed by atoms with Gasteiger partial charge in [-0.2, -0.15) is 0 Å². The minimum atomic E-state index is -3.30. The van der Waals surface area contributed by atoms with E-state index in [9.17, 15) is 18.6 Å². The van der Waals surface area contributed by atoms with Gasteiger partial charge < -0.3 is 14.9 Å². The minimum Gasteiger partial charge on any atom is -0.394 e. The Hall–Kier alpha value is -0.250. The van der Waals surface area contributed by atoms with Crippen molar-refractivity contribution in [2.75, 3.05) is 32.5 Å². The Kier molecular flexibility index (Phi) is 5.38. The highest BCUT2D eigenvalue weighted by atomic mass is 32.2. The van der Waals surface area contributed by atoms with Crippen LogP contribution in [0.3, 0.4) is 0 Å². The normalized spacial score (nSPS) is 36.4. The molecule has 2 rings (SSSR count). The topological polar surface area (TPSA) is 99.1 Å². The van der Waals surface area contributed by atoms with Crippen LogP contribution in [0.2, 0.25) is 0 Å². The first-order valence-corrected chi connectivity index (χ1v) is 8.94. The summed E-state index contributed by atoms with van der Waals surface area (Å²) in [6.45, 7) is 1.60. The van der Waals surface area contributed by atoms with Crippen LogP contribution in [0.1, 0.15) is 19.3 Å². The second-order valence-corrected chi connectivity index (χ2v) is 7.43. The molecule has 20 heavy (non-hydrogen) atoms. The molecular formula is C12H24N2O5S. The second-order valence-electron chi connectivity index (χ2n) is 5.59. The van der Waals surface area contributed by atoms with Gasteiger partial charge in [0.25, 0.3) is 0 Å². The summed E-state index contributed by atoms with van der Waals surface area (Å²) in [7, 11) is -3.30. The molecule has 0 spiro atoms. The number of nitrogens with one attached hydrogen (secondary N) is 1. The van der Waals surface area contributed by atoms with Crippen LogP contribution >= 0.6 is 0 Å². The van der Waals surface area contributed by atoms with Gasteiger partial charge in [0.05, 0.1) is 25.0 Å². The van der Waals surface area contributed by atoms with Crippen LogP contribution in [-0.4, -0.2) is 80.4 Å². The maximum absolute atomic E-state index is 11.2. The van der Waals surface area contributed by atoms with E-state index in [2.05, 4.69) is 9.62 Å². The lowest BCUT2D eigenvalue weighted by Gasteiger charge is -2.36. The molecule has 2 saturated heterocycles. The molecule has 0 bridgehead atoms. The highest BCUT2D eigenvalue weighted by Crippen LogP contribution is 2.27. The molecule has 2 aliphatic rings. The van der Waals surface area contributed by atoms with Gasteiger partial charge in [-0.3, -0.25) is 4.90 Å². The predicted molar refractivity (Wildman–Crippen MR) is 73.8 cm³/mol. The molecule has 2 fully saturated rings. The van der Waals surface area contributed by atoms with Gasteiger partial charge in [0.15, 0.2) is 0 Å². The van der Waals surface area contributed by atoms with Crippen LogP contribution < -0.4 is 4.72 Å². The lowest BCUT2D eigenvalue weighted by atomic mass is 9.99. The van der Waals surface area contributed by atoms with E-state index in [1.165, 1.54) is 6.42 Å². The summed E-state index contributed by atoms with van der Waals surface area (Å²) >= 11 is 0. The SMILES string of the molecule is CS(=O)(=O)NCC1OC(CO)C(O)C1N1CCCCC1. The molecular weight excluding hydrogens is 284 g/mol. The number of hydrogen-bond acceptors (Lipinski definition) is 6. The summed E-state index contributed by atoms with van der Waals surface area (Å²) in [5.74, 6) is 0. The zero-order chi connectivity index (χ0) is 14.8. The lowest BCUT2D eigenvalue weighted by Crippen LogP contribution is -2.52. The van der Waals surface area contributed by atoms with E-state index in [1.807, 2.05) is 0 Å². The largest absolute Gasteiger partial charge is 0.394 e. The van der Waals surface area contributed by atoms with Crippen LogP contribution in [0, 0.1) is 0 Å². The standard InChI is InChI=1S/C12H24N2O5S/c1-20(17,18)13-7-9-11(12(16)10(8-15)19-9)14-5-3-2-4-6-14/h9-13,15-16H,2-8H2,1H3. The molecule has 0 aromatic heterocycles. The first-order valence-electron chi connectivity index (χ1n) is 7.05. The van der Waals surface area contributed by atoms with Crippen LogP contribution in [0.25, 0.3) is 0 Å². The fourth-order valence-corrected chi connectivity index (χ4v) is 3.51. The molecule has 0 amide bonds. The second kappa shape index (κ2) is 6.67. The number of rotatable bonds is 5. The van der Waals surface area contributed by atoms with E-state index in [0.29, 0.717) is 0 Å². The number of nitrogens with zero attached hydrogens (tertiary/aromatic N) is 1. The molecule has 0 aliphatic carbocycles. The Bertz CT molecular complexity index is 410. The quantitative estimate of drug-likeness (QED) is 0.572. The minimum absolute atomic E-state index is 0.119. The molecule has 3 N–H and O–H groups in total. The Morgan fingerprint density at radius 3 is 2.45 bits per heavy atom. The van der Waals surface area contributed by atoms with Crippen molar-refractivity contribution in [1.82, 2.24) is 9.62 Å². The van der Waals surface area contributed by atoms with Crippen molar-refractivity contribution in [3.8, 4) is 0 Å². The molecule has 0 radical (unpaired) electrons. The van der Waals surface area contributed by atoms with E-state index in [-0.39, 0.29) is 19.2 Å². The number of ether oxygens (including phenoxy) is 1. The summed E-state index contributed by atoms with van der Waals surface area (Å²) in [5, 5.41) is 19.6. The number of sulfonamides is 1. The van der Waals surface area contributed by atoms with Gasteiger partial charge in [-0.1, -0.05) is 6.42 Å². The summed E-state index contributed by atoms with van der Waals surface area (Å²) in [6, 6.07) is -0.262. The van der Waals surface area contributed by atoms with Crippen molar-refractivity contribution >= 4 is 10.0 Å². The third-order valence-electron chi connectivity index (χ3n) is 4.00. The van der Waals surface area contributed by atoms with Gasteiger partial charge >= 0.3 is 0 Å². The third kappa shape index (κ3) is 3.90. The van der Waals surface area contributed by atoms with Crippen molar-refractivity contribution in [2.45, 2.75) is 43.6 Å². The van der Waals surface area contributed by atoms with Crippen LogP contribution in [0.5, 0.6) is 0 Å². The average Bonchev–Trinajstić information content (AvgIpc) is 2.73.